The minimum atomic E-state index is -0.873. The molecule has 0 saturated heterocycles. The van der Waals surface area contributed by atoms with E-state index in [1.807, 2.05) is 13.8 Å². The summed E-state index contributed by atoms with van der Waals surface area (Å²) in [5, 5.41) is 8.03. The van der Waals surface area contributed by atoms with Gasteiger partial charge in [-0.25, -0.2) is 9.59 Å². The zero-order chi connectivity index (χ0) is 17.2. The van der Waals surface area contributed by atoms with Gasteiger partial charge in [-0.3, -0.25) is 9.78 Å². The van der Waals surface area contributed by atoms with Crippen LogP contribution in [0.3, 0.4) is 0 Å². The van der Waals surface area contributed by atoms with Crippen molar-refractivity contribution in [3.05, 3.63) is 24.8 Å². The van der Waals surface area contributed by atoms with Crippen LogP contribution in [0.4, 0.5) is 0 Å². The molecule has 0 heterocycles. The molecule has 0 N–H and O–H groups in total. The maximum atomic E-state index is 11.9. The fourth-order valence-electron chi connectivity index (χ4n) is 1.86. The van der Waals surface area contributed by atoms with Gasteiger partial charge in [0.2, 0.25) is 0 Å². The van der Waals surface area contributed by atoms with Crippen LogP contribution in [0.15, 0.2) is 24.8 Å². The Morgan fingerprint density at radius 2 is 1.82 bits per heavy atom. The lowest BCUT2D eigenvalue weighted by Crippen LogP contribution is -2.25. The van der Waals surface area contributed by atoms with E-state index in [-0.39, 0.29) is 11.0 Å². The van der Waals surface area contributed by atoms with E-state index in [4.69, 9.17) is 0 Å². The van der Waals surface area contributed by atoms with Crippen molar-refractivity contribution in [1.29, 1.82) is 0 Å². The Bertz CT molecular complexity index is 401. The molecule has 0 saturated carbocycles. The summed E-state index contributed by atoms with van der Waals surface area (Å²) in [6.45, 7) is 15.2. The summed E-state index contributed by atoms with van der Waals surface area (Å²) in [6, 6.07) is 0. The molecule has 1 atom stereocenters. The van der Waals surface area contributed by atoms with Crippen molar-refractivity contribution in [1.82, 2.24) is 0 Å². The number of carbonyl (C=O) groups is 2. The molecule has 0 bridgehead atoms. The Labute approximate surface area is 131 Å². The number of hydrogen-bond acceptors (Lipinski definition) is 6. The summed E-state index contributed by atoms with van der Waals surface area (Å²) in [5.74, 6) is -1.02. The first-order valence-corrected chi connectivity index (χ1v) is 7.34. The van der Waals surface area contributed by atoms with Gasteiger partial charge < -0.3 is 0 Å². The van der Waals surface area contributed by atoms with E-state index in [2.05, 4.69) is 46.9 Å². The first-order valence-electron chi connectivity index (χ1n) is 7.34. The van der Waals surface area contributed by atoms with E-state index in [0.717, 1.165) is 31.8 Å². The monoisotopic (exact) mass is 314 g/mol. The second-order valence-electron chi connectivity index (χ2n) is 5.79. The van der Waals surface area contributed by atoms with Crippen molar-refractivity contribution < 1.29 is 29.4 Å². The predicted octanol–water partition coefficient (Wildman–Crippen LogP) is 3.84. The molecule has 0 amide bonds. The average Bonchev–Trinajstić information content (AvgIpc) is 2.49. The molecule has 0 rings (SSSR count). The van der Waals surface area contributed by atoms with Crippen LogP contribution >= 0.6 is 0 Å². The van der Waals surface area contributed by atoms with E-state index in [0.29, 0.717) is 5.92 Å². The Hall–Kier alpha value is -1.66. The first-order chi connectivity index (χ1) is 10.3. The Morgan fingerprint density at radius 1 is 1.23 bits per heavy atom. The number of carbonyl (C=O) groups excluding carboxylic acids is 2. The second-order valence-corrected chi connectivity index (χ2v) is 5.79. The third kappa shape index (κ3) is 7.38. The van der Waals surface area contributed by atoms with Crippen LogP contribution in [-0.2, 0) is 29.4 Å². The van der Waals surface area contributed by atoms with Gasteiger partial charge in [-0.15, -0.1) is 0 Å². The molecule has 6 heteroatoms. The summed E-state index contributed by atoms with van der Waals surface area (Å²) < 4.78 is 0. The number of rotatable bonds is 11. The van der Waals surface area contributed by atoms with Gasteiger partial charge in [-0.2, -0.15) is 0 Å². The van der Waals surface area contributed by atoms with Crippen molar-refractivity contribution in [2.75, 3.05) is 0 Å². The molecule has 0 radical (unpaired) electrons. The van der Waals surface area contributed by atoms with Gasteiger partial charge in [-0.05, 0) is 24.2 Å². The average molecular weight is 314 g/mol. The molecule has 1 unspecified atom stereocenters. The van der Waals surface area contributed by atoms with Crippen molar-refractivity contribution in [3.63, 3.8) is 0 Å². The van der Waals surface area contributed by atoms with Crippen LogP contribution < -0.4 is 0 Å². The van der Waals surface area contributed by atoms with Crippen LogP contribution in [0.2, 0.25) is 0 Å². The van der Waals surface area contributed by atoms with E-state index in [1.165, 1.54) is 0 Å². The van der Waals surface area contributed by atoms with Gasteiger partial charge >= 0.3 is 11.9 Å². The summed E-state index contributed by atoms with van der Waals surface area (Å²) >= 11 is 0. The molecule has 126 valence electrons. The molecule has 0 aliphatic rings. The predicted molar refractivity (Wildman–Crippen MR) is 80.8 cm³/mol. The number of hydrogen-bond donors (Lipinski definition) is 0. The van der Waals surface area contributed by atoms with Gasteiger partial charge in [0, 0.05) is 21.7 Å². The SMILES string of the molecule is C=CC(=O)OOOOC(=O)C(=C)C(C)(CC)CCCC(C)C. The van der Waals surface area contributed by atoms with E-state index in [9.17, 15) is 9.59 Å². The highest BCUT2D eigenvalue weighted by Gasteiger charge is 2.31. The first kappa shape index (κ1) is 20.3. The third-order valence-corrected chi connectivity index (χ3v) is 3.69. The molecule has 0 aliphatic heterocycles. The summed E-state index contributed by atoms with van der Waals surface area (Å²) in [7, 11) is 0. The highest BCUT2D eigenvalue weighted by molar-refractivity contribution is 5.88. The quantitative estimate of drug-likeness (QED) is 0.250. The lowest BCUT2D eigenvalue weighted by molar-refractivity contribution is -0.598. The van der Waals surface area contributed by atoms with Gasteiger partial charge in [0.25, 0.3) is 0 Å². The van der Waals surface area contributed by atoms with Gasteiger partial charge in [0.05, 0.1) is 0 Å². The zero-order valence-electron chi connectivity index (χ0n) is 13.8. The maximum absolute atomic E-state index is 11.9. The van der Waals surface area contributed by atoms with Crippen LogP contribution in [0.25, 0.3) is 0 Å². The molecule has 22 heavy (non-hydrogen) atoms. The maximum Gasteiger partial charge on any atom is 0.372 e. The fraction of sp³-hybridized carbons (Fsp3) is 0.625. The molecule has 0 aromatic carbocycles. The molecule has 0 aromatic rings. The Kier molecular flexibility index (Phi) is 9.37. The largest absolute Gasteiger partial charge is 0.372 e. The van der Waals surface area contributed by atoms with Gasteiger partial charge in [0.1, 0.15) is 0 Å². The molecule has 0 spiro atoms. The van der Waals surface area contributed by atoms with Crippen LogP contribution in [0.5, 0.6) is 0 Å². The Morgan fingerprint density at radius 3 is 2.32 bits per heavy atom. The topological polar surface area (TPSA) is 71.1 Å². The van der Waals surface area contributed by atoms with E-state index < -0.39 is 11.9 Å². The van der Waals surface area contributed by atoms with E-state index >= 15 is 0 Å². The molecule has 0 aliphatic carbocycles. The smallest absolute Gasteiger partial charge is 0.261 e. The lowest BCUT2D eigenvalue weighted by Gasteiger charge is -2.29. The van der Waals surface area contributed by atoms with Crippen molar-refractivity contribution >= 4 is 11.9 Å². The van der Waals surface area contributed by atoms with Crippen molar-refractivity contribution in [2.45, 2.75) is 53.4 Å². The standard InChI is InChI=1S/C16H26O6/c1-7-14(17)19-21-22-20-15(18)13(5)16(6,8-2)11-9-10-12(3)4/h7,12H,1,5,8-11H2,2-4,6H3. The van der Waals surface area contributed by atoms with Crippen LogP contribution in [0.1, 0.15) is 53.4 Å². The van der Waals surface area contributed by atoms with Crippen LogP contribution in [0, 0.1) is 11.3 Å². The van der Waals surface area contributed by atoms with Crippen molar-refractivity contribution in [2.24, 2.45) is 11.3 Å². The zero-order valence-corrected chi connectivity index (χ0v) is 13.8. The highest BCUT2D eigenvalue weighted by atomic mass is 17.7. The summed E-state index contributed by atoms with van der Waals surface area (Å²) in [4.78, 5) is 31.0. The fourth-order valence-corrected chi connectivity index (χ4v) is 1.86. The Balaban J connectivity index is 4.33. The highest BCUT2D eigenvalue weighted by Crippen LogP contribution is 2.36. The third-order valence-electron chi connectivity index (χ3n) is 3.69. The normalized spacial score (nSPS) is 13.3. The second kappa shape index (κ2) is 10.1. The molecule has 0 aromatic heterocycles. The van der Waals surface area contributed by atoms with E-state index in [1.54, 1.807) is 0 Å². The summed E-state index contributed by atoms with van der Waals surface area (Å²) in [5.41, 5.74) is -0.0926. The van der Waals surface area contributed by atoms with Crippen LogP contribution in [-0.4, -0.2) is 11.9 Å². The molecule has 0 fully saturated rings. The lowest BCUT2D eigenvalue weighted by atomic mass is 9.76. The minimum absolute atomic E-state index is 0.289. The molecule has 6 nitrogen and oxygen atoms in total. The summed E-state index contributed by atoms with van der Waals surface area (Å²) in [6.07, 6.45) is 4.50. The van der Waals surface area contributed by atoms with Gasteiger partial charge in [0.15, 0.2) is 0 Å². The molecular formula is C16H26O6. The minimum Gasteiger partial charge on any atom is -0.261 e. The molecular weight excluding hydrogens is 288 g/mol. The van der Waals surface area contributed by atoms with Crippen molar-refractivity contribution in [3.8, 4) is 0 Å². The van der Waals surface area contributed by atoms with Gasteiger partial charge in [-0.1, -0.05) is 53.7 Å².